The molecular formula is C16H16N2O3S. The van der Waals surface area contributed by atoms with Crippen molar-refractivity contribution in [1.82, 2.24) is 4.98 Å². The number of carbonyl (C=O) groups excluding carboxylic acids is 2. The number of benzene rings is 1. The Bertz CT molecular complexity index is 712. The fraction of sp³-hybridized carbons (Fsp3) is 0.312. The van der Waals surface area contributed by atoms with Crippen molar-refractivity contribution in [3.8, 4) is 0 Å². The van der Waals surface area contributed by atoms with E-state index in [1.165, 1.54) is 11.3 Å². The van der Waals surface area contributed by atoms with Gasteiger partial charge in [-0.1, -0.05) is 0 Å². The van der Waals surface area contributed by atoms with Crippen LogP contribution < -0.4 is 4.90 Å². The number of hydrogen-bond donors (Lipinski definition) is 0. The van der Waals surface area contributed by atoms with Gasteiger partial charge in [0, 0.05) is 30.7 Å². The first kappa shape index (κ1) is 14.7. The lowest BCUT2D eigenvalue weighted by molar-refractivity contribution is -0.116. The molecule has 0 unspecified atom stereocenters. The Kier molecular flexibility index (Phi) is 3.94. The average Bonchev–Trinajstić information content (AvgIpc) is 3.15. The molecule has 0 saturated heterocycles. The summed E-state index contributed by atoms with van der Waals surface area (Å²) in [6.07, 6.45) is 2.09. The quantitative estimate of drug-likeness (QED) is 0.817. The molecule has 1 aliphatic heterocycles. The predicted molar refractivity (Wildman–Crippen MR) is 84.1 cm³/mol. The number of amides is 1. The smallest absolute Gasteiger partial charge is 0.338 e. The van der Waals surface area contributed by atoms with Crippen LogP contribution in [0.4, 0.5) is 5.69 Å². The Morgan fingerprint density at radius 2 is 2.23 bits per heavy atom. The molecule has 1 amide bonds. The van der Waals surface area contributed by atoms with Crippen LogP contribution in [0.5, 0.6) is 0 Å². The van der Waals surface area contributed by atoms with Crippen LogP contribution in [0.15, 0.2) is 29.8 Å². The zero-order valence-corrected chi connectivity index (χ0v) is 13.2. The Morgan fingerprint density at radius 1 is 1.41 bits per heavy atom. The fourth-order valence-corrected chi connectivity index (χ4v) is 3.19. The van der Waals surface area contributed by atoms with Crippen LogP contribution in [-0.4, -0.2) is 23.4 Å². The predicted octanol–water partition coefficient (Wildman–Crippen LogP) is 2.97. The molecule has 5 nitrogen and oxygen atoms in total. The van der Waals surface area contributed by atoms with Crippen molar-refractivity contribution in [2.24, 2.45) is 0 Å². The zero-order valence-electron chi connectivity index (χ0n) is 12.4. The summed E-state index contributed by atoms with van der Waals surface area (Å²) in [7, 11) is 0. The number of ether oxygens (including phenoxy) is 1. The number of carbonyl (C=O) groups is 2. The van der Waals surface area contributed by atoms with E-state index in [4.69, 9.17) is 4.74 Å². The van der Waals surface area contributed by atoms with Gasteiger partial charge in [0.1, 0.15) is 5.01 Å². The molecule has 0 saturated carbocycles. The Hall–Kier alpha value is -2.21. The van der Waals surface area contributed by atoms with Crippen molar-refractivity contribution < 1.29 is 14.3 Å². The summed E-state index contributed by atoms with van der Waals surface area (Å²) < 4.78 is 5.44. The standard InChI is InChI=1S/C16H16N2O3S/c1-10(15-17-6-8-22-15)21-16(20)13-3-4-14-12(9-13)5-7-18(14)11(2)19/h3-4,6,8-10H,5,7H2,1-2H3/t10-/m0/s1. The van der Waals surface area contributed by atoms with Gasteiger partial charge in [-0.2, -0.15) is 0 Å². The number of rotatable bonds is 3. The van der Waals surface area contributed by atoms with Gasteiger partial charge < -0.3 is 9.64 Å². The summed E-state index contributed by atoms with van der Waals surface area (Å²) in [6.45, 7) is 4.02. The highest BCUT2D eigenvalue weighted by atomic mass is 32.1. The van der Waals surface area contributed by atoms with Crippen molar-refractivity contribution in [3.05, 3.63) is 45.9 Å². The molecule has 1 atom stereocenters. The summed E-state index contributed by atoms with van der Waals surface area (Å²) >= 11 is 1.46. The molecule has 114 valence electrons. The second kappa shape index (κ2) is 5.88. The van der Waals surface area contributed by atoms with Crippen LogP contribution in [-0.2, 0) is 16.0 Å². The molecule has 22 heavy (non-hydrogen) atoms. The first-order valence-corrected chi connectivity index (χ1v) is 7.95. The summed E-state index contributed by atoms with van der Waals surface area (Å²) in [5, 5.41) is 2.63. The van der Waals surface area contributed by atoms with Gasteiger partial charge in [-0.25, -0.2) is 9.78 Å². The van der Waals surface area contributed by atoms with Gasteiger partial charge >= 0.3 is 5.97 Å². The van der Waals surface area contributed by atoms with E-state index in [0.29, 0.717) is 12.1 Å². The van der Waals surface area contributed by atoms with Gasteiger partial charge in [-0.05, 0) is 37.1 Å². The molecule has 2 heterocycles. The Labute approximate surface area is 132 Å². The number of aromatic nitrogens is 1. The van der Waals surface area contributed by atoms with Crippen molar-refractivity contribution in [1.29, 1.82) is 0 Å². The van der Waals surface area contributed by atoms with Crippen LogP contribution in [0.3, 0.4) is 0 Å². The molecule has 0 spiro atoms. The van der Waals surface area contributed by atoms with Crippen molar-refractivity contribution in [3.63, 3.8) is 0 Å². The molecule has 6 heteroatoms. The Morgan fingerprint density at radius 3 is 2.91 bits per heavy atom. The number of esters is 1. The maximum atomic E-state index is 12.2. The van der Waals surface area contributed by atoms with Gasteiger partial charge in [0.15, 0.2) is 6.10 Å². The van der Waals surface area contributed by atoms with E-state index in [2.05, 4.69) is 4.98 Å². The van der Waals surface area contributed by atoms with Crippen LogP contribution in [0.1, 0.15) is 40.9 Å². The topological polar surface area (TPSA) is 59.5 Å². The molecular weight excluding hydrogens is 300 g/mol. The highest BCUT2D eigenvalue weighted by molar-refractivity contribution is 7.09. The first-order chi connectivity index (χ1) is 10.6. The third kappa shape index (κ3) is 2.74. The van der Waals surface area contributed by atoms with Crippen molar-refractivity contribution in [2.45, 2.75) is 26.4 Å². The maximum Gasteiger partial charge on any atom is 0.338 e. The highest BCUT2D eigenvalue weighted by Crippen LogP contribution is 2.29. The van der Waals surface area contributed by atoms with Gasteiger partial charge in [-0.3, -0.25) is 4.79 Å². The molecule has 1 aromatic heterocycles. The second-order valence-electron chi connectivity index (χ2n) is 5.18. The number of fused-ring (bicyclic) bond motifs is 1. The summed E-state index contributed by atoms with van der Waals surface area (Å²) in [5.41, 5.74) is 2.40. The van der Waals surface area contributed by atoms with Gasteiger partial charge in [0.25, 0.3) is 0 Å². The van der Waals surface area contributed by atoms with Crippen molar-refractivity contribution >= 4 is 28.9 Å². The monoisotopic (exact) mass is 316 g/mol. The first-order valence-electron chi connectivity index (χ1n) is 7.07. The summed E-state index contributed by atoms with van der Waals surface area (Å²) in [5.74, 6) is -0.349. The minimum Gasteiger partial charge on any atom is -0.452 e. The van der Waals surface area contributed by atoms with E-state index in [1.807, 2.05) is 24.4 Å². The average molecular weight is 316 g/mol. The zero-order chi connectivity index (χ0) is 15.7. The van der Waals surface area contributed by atoms with E-state index in [1.54, 1.807) is 24.1 Å². The van der Waals surface area contributed by atoms with Gasteiger partial charge in [0.05, 0.1) is 5.56 Å². The van der Waals surface area contributed by atoms with E-state index in [9.17, 15) is 9.59 Å². The Balaban J connectivity index is 1.76. The lowest BCUT2D eigenvalue weighted by Gasteiger charge is -2.15. The molecule has 0 bridgehead atoms. The molecule has 1 aromatic carbocycles. The molecule has 0 N–H and O–H groups in total. The van der Waals surface area contributed by atoms with E-state index >= 15 is 0 Å². The SMILES string of the molecule is CC(=O)N1CCc2cc(C(=O)O[C@@H](C)c3nccs3)ccc21. The molecule has 0 aliphatic carbocycles. The molecule has 0 fully saturated rings. The minimum atomic E-state index is -0.369. The fourth-order valence-electron chi connectivity index (χ4n) is 2.57. The molecule has 1 aliphatic rings. The summed E-state index contributed by atoms with van der Waals surface area (Å²) in [4.78, 5) is 29.6. The molecule has 0 radical (unpaired) electrons. The number of thiazole rings is 1. The van der Waals surface area contributed by atoms with E-state index in [-0.39, 0.29) is 18.0 Å². The number of anilines is 1. The number of hydrogen-bond acceptors (Lipinski definition) is 5. The normalized spacial score (nSPS) is 14.5. The third-order valence-electron chi connectivity index (χ3n) is 3.67. The van der Waals surface area contributed by atoms with E-state index < -0.39 is 0 Å². The number of nitrogens with zero attached hydrogens (tertiary/aromatic N) is 2. The highest BCUT2D eigenvalue weighted by Gasteiger charge is 2.24. The molecule has 2 aromatic rings. The third-order valence-corrected chi connectivity index (χ3v) is 4.61. The maximum absolute atomic E-state index is 12.2. The largest absolute Gasteiger partial charge is 0.452 e. The molecule has 3 rings (SSSR count). The van der Waals surface area contributed by atoms with Crippen LogP contribution in [0.25, 0.3) is 0 Å². The van der Waals surface area contributed by atoms with Crippen LogP contribution in [0.2, 0.25) is 0 Å². The van der Waals surface area contributed by atoms with Crippen LogP contribution in [0, 0.1) is 0 Å². The minimum absolute atomic E-state index is 0.0199. The summed E-state index contributed by atoms with van der Waals surface area (Å²) in [6, 6.07) is 5.33. The second-order valence-corrected chi connectivity index (χ2v) is 6.11. The lowest BCUT2D eigenvalue weighted by Crippen LogP contribution is -2.25. The van der Waals surface area contributed by atoms with Gasteiger partial charge in [-0.15, -0.1) is 11.3 Å². The van der Waals surface area contributed by atoms with Crippen LogP contribution >= 0.6 is 11.3 Å². The van der Waals surface area contributed by atoms with Gasteiger partial charge in [0.2, 0.25) is 5.91 Å². The van der Waals surface area contributed by atoms with Crippen molar-refractivity contribution in [2.75, 3.05) is 11.4 Å². The lowest BCUT2D eigenvalue weighted by atomic mass is 10.1. The van der Waals surface area contributed by atoms with E-state index in [0.717, 1.165) is 22.7 Å².